The zero-order valence-electron chi connectivity index (χ0n) is 10.6. The molecule has 1 unspecified atom stereocenters. The molecule has 0 aliphatic rings. The quantitative estimate of drug-likeness (QED) is 0.898. The molecule has 0 radical (unpaired) electrons. The Balaban J connectivity index is 2.25. The molecule has 0 aromatic heterocycles. The Bertz CT molecular complexity index is 508. The fourth-order valence-electron chi connectivity index (χ4n) is 1.84. The van der Waals surface area contributed by atoms with Crippen LogP contribution in [0.2, 0.25) is 0 Å². The fraction of sp³-hybridized carbons (Fsp3) is 0.200. The van der Waals surface area contributed by atoms with Crippen molar-refractivity contribution in [2.45, 2.75) is 6.04 Å². The summed E-state index contributed by atoms with van der Waals surface area (Å²) in [5.74, 6) is 1.65. The van der Waals surface area contributed by atoms with Crippen LogP contribution in [0.5, 0.6) is 11.5 Å². The molecule has 0 saturated heterocycles. The lowest BCUT2D eigenvalue weighted by molar-refractivity contribution is 0.413. The molecule has 0 aliphatic heterocycles. The molecule has 2 N–H and O–H groups in total. The molecule has 0 bridgehead atoms. The Morgan fingerprint density at radius 2 is 1.50 bits per heavy atom. The highest BCUT2D eigenvalue weighted by Crippen LogP contribution is 2.24. The van der Waals surface area contributed by atoms with E-state index in [0.717, 1.165) is 22.6 Å². The topological polar surface area (TPSA) is 44.5 Å². The van der Waals surface area contributed by atoms with Crippen LogP contribution in [-0.4, -0.2) is 14.2 Å². The molecule has 0 amide bonds. The maximum atomic E-state index is 6.24. The Labute approximate surface area is 107 Å². The van der Waals surface area contributed by atoms with Gasteiger partial charge in [-0.1, -0.05) is 24.3 Å². The predicted octanol–water partition coefficient (Wildman–Crippen LogP) is 2.75. The molecule has 2 aromatic rings. The van der Waals surface area contributed by atoms with Crippen LogP contribution in [0.1, 0.15) is 17.2 Å². The van der Waals surface area contributed by atoms with Gasteiger partial charge < -0.3 is 15.2 Å². The van der Waals surface area contributed by atoms with E-state index in [1.165, 1.54) is 0 Å². The Hall–Kier alpha value is -2.00. The van der Waals surface area contributed by atoms with Gasteiger partial charge in [-0.3, -0.25) is 0 Å². The largest absolute Gasteiger partial charge is 0.497 e. The first kappa shape index (κ1) is 12.5. The normalized spacial score (nSPS) is 11.9. The van der Waals surface area contributed by atoms with Crippen molar-refractivity contribution >= 4 is 0 Å². The number of methoxy groups -OCH3 is 2. The van der Waals surface area contributed by atoms with Gasteiger partial charge in [0.05, 0.1) is 20.3 Å². The average Bonchev–Trinajstić information content (AvgIpc) is 2.46. The minimum atomic E-state index is -0.161. The maximum Gasteiger partial charge on any atom is 0.119 e. The van der Waals surface area contributed by atoms with Gasteiger partial charge in [0.1, 0.15) is 11.5 Å². The van der Waals surface area contributed by atoms with Crippen molar-refractivity contribution in [3.05, 3.63) is 59.7 Å². The van der Waals surface area contributed by atoms with Crippen LogP contribution in [0.4, 0.5) is 0 Å². The van der Waals surface area contributed by atoms with Crippen molar-refractivity contribution in [1.29, 1.82) is 0 Å². The standard InChI is InChI=1S/C15H17NO2/c1-17-13-8-6-11(7-9-13)15(16)12-4-3-5-14(10-12)18-2/h3-10,15H,16H2,1-2H3. The third kappa shape index (κ3) is 2.63. The van der Waals surface area contributed by atoms with Crippen LogP contribution in [0.3, 0.4) is 0 Å². The molecule has 0 heterocycles. The molecule has 18 heavy (non-hydrogen) atoms. The zero-order valence-corrected chi connectivity index (χ0v) is 10.6. The second-order valence-electron chi connectivity index (χ2n) is 4.03. The highest BCUT2D eigenvalue weighted by Gasteiger charge is 2.09. The molecular weight excluding hydrogens is 226 g/mol. The number of benzene rings is 2. The van der Waals surface area contributed by atoms with Crippen LogP contribution < -0.4 is 15.2 Å². The molecular formula is C15H17NO2. The van der Waals surface area contributed by atoms with Crippen molar-refractivity contribution in [1.82, 2.24) is 0 Å². The highest BCUT2D eigenvalue weighted by molar-refractivity contribution is 5.38. The van der Waals surface area contributed by atoms with Gasteiger partial charge in [-0.2, -0.15) is 0 Å². The molecule has 2 rings (SSSR count). The molecule has 3 heteroatoms. The van der Waals surface area contributed by atoms with Crippen LogP contribution in [-0.2, 0) is 0 Å². The smallest absolute Gasteiger partial charge is 0.119 e. The molecule has 2 aromatic carbocycles. The Morgan fingerprint density at radius 3 is 2.11 bits per heavy atom. The van der Waals surface area contributed by atoms with Crippen LogP contribution >= 0.6 is 0 Å². The maximum absolute atomic E-state index is 6.24. The number of hydrogen-bond donors (Lipinski definition) is 1. The second kappa shape index (κ2) is 5.56. The first-order chi connectivity index (χ1) is 8.74. The lowest BCUT2D eigenvalue weighted by Crippen LogP contribution is -2.11. The minimum Gasteiger partial charge on any atom is -0.497 e. The third-order valence-electron chi connectivity index (χ3n) is 2.93. The fourth-order valence-corrected chi connectivity index (χ4v) is 1.84. The van der Waals surface area contributed by atoms with E-state index in [-0.39, 0.29) is 6.04 Å². The number of rotatable bonds is 4. The second-order valence-corrected chi connectivity index (χ2v) is 4.03. The molecule has 0 spiro atoms. The van der Waals surface area contributed by atoms with Gasteiger partial charge in [0.15, 0.2) is 0 Å². The summed E-state index contributed by atoms with van der Waals surface area (Å²) in [6, 6.07) is 15.4. The zero-order chi connectivity index (χ0) is 13.0. The van der Waals surface area contributed by atoms with Crippen LogP contribution in [0.25, 0.3) is 0 Å². The molecule has 0 aliphatic carbocycles. The van der Waals surface area contributed by atoms with Gasteiger partial charge in [-0.05, 0) is 35.4 Å². The summed E-state index contributed by atoms with van der Waals surface area (Å²) < 4.78 is 10.3. The molecule has 0 saturated carbocycles. The van der Waals surface area contributed by atoms with Crippen molar-refractivity contribution in [3.63, 3.8) is 0 Å². The molecule has 3 nitrogen and oxygen atoms in total. The summed E-state index contributed by atoms with van der Waals surface area (Å²) in [6.45, 7) is 0. The summed E-state index contributed by atoms with van der Waals surface area (Å²) in [6.07, 6.45) is 0. The van der Waals surface area contributed by atoms with Crippen molar-refractivity contribution in [3.8, 4) is 11.5 Å². The van der Waals surface area contributed by atoms with E-state index in [1.54, 1.807) is 14.2 Å². The van der Waals surface area contributed by atoms with Crippen molar-refractivity contribution in [2.75, 3.05) is 14.2 Å². The summed E-state index contributed by atoms with van der Waals surface area (Å²) >= 11 is 0. The van der Waals surface area contributed by atoms with Gasteiger partial charge in [0.25, 0.3) is 0 Å². The average molecular weight is 243 g/mol. The van der Waals surface area contributed by atoms with Crippen LogP contribution in [0, 0.1) is 0 Å². The van der Waals surface area contributed by atoms with Crippen molar-refractivity contribution < 1.29 is 9.47 Å². The van der Waals surface area contributed by atoms with E-state index in [2.05, 4.69) is 0 Å². The Kier molecular flexibility index (Phi) is 3.85. The van der Waals surface area contributed by atoms with E-state index in [4.69, 9.17) is 15.2 Å². The van der Waals surface area contributed by atoms with Crippen LogP contribution in [0.15, 0.2) is 48.5 Å². The minimum absolute atomic E-state index is 0.161. The third-order valence-corrected chi connectivity index (χ3v) is 2.93. The van der Waals surface area contributed by atoms with Crippen molar-refractivity contribution in [2.24, 2.45) is 5.73 Å². The van der Waals surface area contributed by atoms with Gasteiger partial charge in [-0.25, -0.2) is 0 Å². The summed E-state index contributed by atoms with van der Waals surface area (Å²) in [5.41, 5.74) is 8.31. The van der Waals surface area contributed by atoms with Gasteiger partial charge >= 0.3 is 0 Å². The lowest BCUT2D eigenvalue weighted by Gasteiger charge is -2.14. The van der Waals surface area contributed by atoms with E-state index >= 15 is 0 Å². The predicted molar refractivity (Wildman–Crippen MR) is 72.0 cm³/mol. The lowest BCUT2D eigenvalue weighted by atomic mass is 9.99. The van der Waals surface area contributed by atoms with E-state index in [9.17, 15) is 0 Å². The molecule has 94 valence electrons. The number of hydrogen-bond acceptors (Lipinski definition) is 3. The van der Waals surface area contributed by atoms with E-state index < -0.39 is 0 Å². The highest BCUT2D eigenvalue weighted by atomic mass is 16.5. The van der Waals surface area contributed by atoms with E-state index in [0.29, 0.717) is 0 Å². The number of ether oxygens (including phenoxy) is 2. The SMILES string of the molecule is COc1ccc(C(N)c2cccc(OC)c2)cc1. The molecule has 0 fully saturated rings. The summed E-state index contributed by atoms with van der Waals surface area (Å²) in [5, 5.41) is 0. The summed E-state index contributed by atoms with van der Waals surface area (Å²) in [4.78, 5) is 0. The van der Waals surface area contributed by atoms with Gasteiger partial charge in [0, 0.05) is 0 Å². The van der Waals surface area contributed by atoms with Gasteiger partial charge in [0.2, 0.25) is 0 Å². The number of nitrogens with two attached hydrogens (primary N) is 1. The summed E-state index contributed by atoms with van der Waals surface area (Å²) in [7, 11) is 3.30. The van der Waals surface area contributed by atoms with E-state index in [1.807, 2.05) is 48.5 Å². The van der Waals surface area contributed by atoms with Gasteiger partial charge in [-0.15, -0.1) is 0 Å². The first-order valence-corrected chi connectivity index (χ1v) is 5.78. The molecule has 1 atom stereocenters. The first-order valence-electron chi connectivity index (χ1n) is 5.78. The monoisotopic (exact) mass is 243 g/mol. The Morgan fingerprint density at radius 1 is 0.833 bits per heavy atom.